The third-order valence-electron chi connectivity index (χ3n) is 7.05. The lowest BCUT2D eigenvalue weighted by atomic mass is 10.0. The van der Waals surface area contributed by atoms with Crippen molar-refractivity contribution < 1.29 is 23.7 Å². The zero-order valence-electron chi connectivity index (χ0n) is 23.0. The van der Waals surface area contributed by atoms with Gasteiger partial charge in [-0.25, -0.2) is 19.7 Å². The molecule has 2 fully saturated rings. The molecule has 12 nitrogen and oxygen atoms in total. The predicted octanol–water partition coefficient (Wildman–Crippen LogP) is 2.85. The quantitative estimate of drug-likeness (QED) is 0.417. The fraction of sp³-hybridized carbons (Fsp3) is 0.556. The van der Waals surface area contributed by atoms with Crippen LogP contribution in [0.15, 0.2) is 43.0 Å². The Morgan fingerprint density at radius 3 is 2.69 bits per heavy atom. The van der Waals surface area contributed by atoms with E-state index in [-0.39, 0.29) is 24.9 Å². The molecule has 5 rings (SSSR count). The Labute approximate surface area is 227 Å². The largest absolute Gasteiger partial charge is 0.445 e. The fourth-order valence-electron chi connectivity index (χ4n) is 5.05. The first-order valence-electron chi connectivity index (χ1n) is 13.1. The molecular weight excluding hydrogens is 502 g/mol. The molecule has 4 atom stereocenters. The summed E-state index contributed by atoms with van der Waals surface area (Å²) in [5.74, 6) is -0.432. The average Bonchev–Trinajstić information content (AvgIpc) is 3.54. The predicted molar refractivity (Wildman–Crippen MR) is 143 cm³/mol. The minimum Gasteiger partial charge on any atom is -0.445 e. The first-order chi connectivity index (χ1) is 18.5. The minimum absolute atomic E-state index is 0.231. The number of amides is 1. The maximum Gasteiger partial charge on any atom is 0.407 e. The van der Waals surface area contributed by atoms with Gasteiger partial charge in [0.25, 0.3) is 0 Å². The number of nitrogens with one attached hydrogen (secondary N) is 1. The van der Waals surface area contributed by atoms with Crippen molar-refractivity contribution >= 4 is 23.1 Å². The van der Waals surface area contributed by atoms with E-state index in [4.69, 9.17) is 24.7 Å². The SMILES string of the molecule is CN(CCC(C)(C)NC(=O)OCc1ccccc1)C[C@H]1O[C@@H](n2cnc3c(N)ncnc32)[C@@H]2OC(C)(C)O[C@@H]21. The fourth-order valence-corrected chi connectivity index (χ4v) is 5.05. The highest BCUT2D eigenvalue weighted by atomic mass is 16.8. The molecule has 12 heteroatoms. The summed E-state index contributed by atoms with van der Waals surface area (Å²) < 4.78 is 26.3. The number of ether oxygens (including phenoxy) is 4. The summed E-state index contributed by atoms with van der Waals surface area (Å²) >= 11 is 0. The van der Waals surface area contributed by atoms with Crippen LogP contribution in [0.3, 0.4) is 0 Å². The van der Waals surface area contributed by atoms with Crippen molar-refractivity contribution in [1.82, 2.24) is 29.7 Å². The molecule has 0 spiro atoms. The van der Waals surface area contributed by atoms with Crippen LogP contribution in [0.2, 0.25) is 0 Å². The Morgan fingerprint density at radius 2 is 1.92 bits per heavy atom. The standard InChI is InChI=1S/C27H37N7O5/c1-26(2,32-25(35)36-14-17-9-7-6-8-10-17)11-12-33(5)13-18-20-21(39-27(3,4)38-20)24(37-18)34-16-31-19-22(28)29-15-30-23(19)34/h6-10,15-16,18,20-21,24H,11-14H2,1-5H3,(H,32,35)(H2,28,29,30)/t18-,20-,21-,24-/m1/s1. The first kappa shape index (κ1) is 27.3. The number of anilines is 1. The zero-order chi connectivity index (χ0) is 27.8. The summed E-state index contributed by atoms with van der Waals surface area (Å²) in [5.41, 5.74) is 7.57. The van der Waals surface area contributed by atoms with Crippen LogP contribution in [0, 0.1) is 0 Å². The van der Waals surface area contributed by atoms with Gasteiger partial charge in [0.05, 0.1) is 6.33 Å². The second-order valence-corrected chi connectivity index (χ2v) is 11.3. The number of hydrogen-bond donors (Lipinski definition) is 2. The summed E-state index contributed by atoms with van der Waals surface area (Å²) in [6.45, 7) is 9.33. The molecule has 3 aromatic rings. The Balaban J connectivity index is 1.18. The number of rotatable bonds is 9. The number of nitrogen functional groups attached to an aromatic ring is 1. The van der Waals surface area contributed by atoms with Gasteiger partial charge in [0.15, 0.2) is 23.5 Å². The van der Waals surface area contributed by atoms with Crippen molar-refractivity contribution in [2.24, 2.45) is 0 Å². The van der Waals surface area contributed by atoms with Gasteiger partial charge in [-0.1, -0.05) is 30.3 Å². The summed E-state index contributed by atoms with van der Waals surface area (Å²) in [5, 5.41) is 2.97. The molecule has 2 aliphatic heterocycles. The lowest BCUT2D eigenvalue weighted by Crippen LogP contribution is -2.46. The van der Waals surface area contributed by atoms with Crippen molar-refractivity contribution in [3.05, 3.63) is 48.5 Å². The second kappa shape index (κ2) is 10.7. The third kappa shape index (κ3) is 6.14. The Hall–Kier alpha value is -3.32. The minimum atomic E-state index is -0.745. The monoisotopic (exact) mass is 539 g/mol. The third-order valence-corrected chi connectivity index (χ3v) is 7.05. The van der Waals surface area contributed by atoms with Crippen molar-refractivity contribution in [3.8, 4) is 0 Å². The first-order valence-corrected chi connectivity index (χ1v) is 13.1. The molecule has 0 unspecified atom stereocenters. The topological polar surface area (TPSA) is 139 Å². The zero-order valence-corrected chi connectivity index (χ0v) is 23.0. The van der Waals surface area contributed by atoms with E-state index in [2.05, 4.69) is 25.2 Å². The number of carbonyl (C=O) groups excluding carboxylic acids is 1. The van der Waals surface area contributed by atoms with E-state index in [1.165, 1.54) is 6.33 Å². The lowest BCUT2D eigenvalue weighted by molar-refractivity contribution is -0.197. The molecule has 3 N–H and O–H groups in total. The van der Waals surface area contributed by atoms with Crippen LogP contribution < -0.4 is 11.1 Å². The van der Waals surface area contributed by atoms with E-state index in [0.29, 0.717) is 29.9 Å². The molecule has 2 aromatic heterocycles. The number of fused-ring (bicyclic) bond motifs is 2. The maximum atomic E-state index is 12.4. The highest BCUT2D eigenvalue weighted by Crippen LogP contribution is 2.44. The Kier molecular flexibility index (Phi) is 7.47. The van der Waals surface area contributed by atoms with Crippen molar-refractivity contribution in [2.75, 3.05) is 25.9 Å². The lowest BCUT2D eigenvalue weighted by Gasteiger charge is -2.30. The Morgan fingerprint density at radius 1 is 1.18 bits per heavy atom. The van der Waals surface area contributed by atoms with E-state index >= 15 is 0 Å². The molecule has 1 aromatic carbocycles. The molecule has 210 valence electrons. The van der Waals surface area contributed by atoms with Crippen LogP contribution in [-0.4, -0.2) is 80.3 Å². The van der Waals surface area contributed by atoms with Gasteiger partial charge >= 0.3 is 6.09 Å². The number of imidazole rings is 1. The summed E-state index contributed by atoms with van der Waals surface area (Å²) in [6.07, 6.45) is 1.99. The van der Waals surface area contributed by atoms with Gasteiger partial charge in [-0.3, -0.25) is 4.57 Å². The van der Waals surface area contributed by atoms with E-state index in [1.807, 2.05) is 69.6 Å². The van der Waals surface area contributed by atoms with Crippen molar-refractivity contribution in [2.45, 2.75) is 76.6 Å². The number of likely N-dealkylation sites (N-methyl/N-ethyl adjacent to an activating group) is 1. The maximum absolute atomic E-state index is 12.4. The highest BCUT2D eigenvalue weighted by molar-refractivity contribution is 5.81. The van der Waals surface area contributed by atoms with Crippen LogP contribution in [0.5, 0.6) is 0 Å². The number of nitrogens with zero attached hydrogens (tertiary/aromatic N) is 5. The molecule has 0 aliphatic carbocycles. The summed E-state index contributed by atoms with van der Waals surface area (Å²) in [6, 6.07) is 9.61. The molecule has 39 heavy (non-hydrogen) atoms. The highest BCUT2D eigenvalue weighted by Gasteiger charge is 2.56. The van der Waals surface area contributed by atoms with Crippen LogP contribution in [0.25, 0.3) is 11.2 Å². The van der Waals surface area contributed by atoms with Gasteiger partial charge in [0, 0.05) is 18.6 Å². The van der Waals surface area contributed by atoms with Crippen LogP contribution in [-0.2, 0) is 25.6 Å². The number of aromatic nitrogens is 4. The van der Waals surface area contributed by atoms with Crippen LogP contribution in [0.4, 0.5) is 10.6 Å². The number of carbonyl (C=O) groups is 1. The second-order valence-electron chi connectivity index (χ2n) is 11.3. The van der Waals surface area contributed by atoms with Gasteiger partial charge < -0.3 is 34.9 Å². The molecule has 0 bridgehead atoms. The molecular formula is C27H37N7O5. The average molecular weight is 540 g/mol. The van der Waals surface area contributed by atoms with Gasteiger partial charge in [0.1, 0.15) is 36.8 Å². The summed E-state index contributed by atoms with van der Waals surface area (Å²) in [4.78, 5) is 27.3. The number of hydrogen-bond acceptors (Lipinski definition) is 10. The van der Waals surface area contributed by atoms with Gasteiger partial charge in [-0.05, 0) is 46.7 Å². The molecule has 0 saturated carbocycles. The summed E-state index contributed by atoms with van der Waals surface area (Å²) in [7, 11) is 2.02. The van der Waals surface area contributed by atoms with Gasteiger partial charge in [-0.15, -0.1) is 0 Å². The van der Waals surface area contributed by atoms with E-state index in [0.717, 1.165) is 12.1 Å². The number of alkyl carbamates (subject to hydrolysis) is 1. The normalized spacial score (nSPS) is 24.3. The molecule has 0 radical (unpaired) electrons. The van der Waals surface area contributed by atoms with Crippen LogP contribution in [0.1, 0.15) is 45.9 Å². The molecule has 4 heterocycles. The number of benzene rings is 1. The molecule has 2 aliphatic rings. The van der Waals surface area contributed by atoms with Crippen molar-refractivity contribution in [1.29, 1.82) is 0 Å². The number of nitrogens with two attached hydrogens (primary N) is 1. The van der Waals surface area contributed by atoms with E-state index < -0.39 is 23.6 Å². The van der Waals surface area contributed by atoms with Crippen LogP contribution >= 0.6 is 0 Å². The molecule has 1 amide bonds. The van der Waals surface area contributed by atoms with Gasteiger partial charge in [-0.2, -0.15) is 0 Å². The van der Waals surface area contributed by atoms with E-state index in [1.54, 1.807) is 6.33 Å². The molecule has 2 saturated heterocycles. The van der Waals surface area contributed by atoms with Gasteiger partial charge in [0.2, 0.25) is 0 Å². The van der Waals surface area contributed by atoms with Crippen molar-refractivity contribution in [3.63, 3.8) is 0 Å². The van der Waals surface area contributed by atoms with E-state index in [9.17, 15) is 4.79 Å². The smallest absolute Gasteiger partial charge is 0.407 e. The Bertz CT molecular complexity index is 1300.